The SMILES string of the molecule is COc1ccc(NC(=O)c2ccc(F)c(F)c2)cc1OC(F)F. The van der Waals surface area contributed by atoms with Crippen molar-refractivity contribution >= 4 is 11.6 Å². The molecule has 0 saturated carbocycles. The molecule has 0 spiro atoms. The summed E-state index contributed by atoms with van der Waals surface area (Å²) < 4.78 is 59.8. The molecule has 8 heteroatoms. The van der Waals surface area contributed by atoms with Crippen molar-refractivity contribution in [3.8, 4) is 11.5 Å². The van der Waals surface area contributed by atoms with Gasteiger partial charge in [0.25, 0.3) is 5.91 Å². The normalized spacial score (nSPS) is 10.5. The smallest absolute Gasteiger partial charge is 0.387 e. The second kappa shape index (κ2) is 6.99. The lowest BCUT2D eigenvalue weighted by atomic mass is 10.2. The highest BCUT2D eigenvalue weighted by molar-refractivity contribution is 6.04. The maximum atomic E-state index is 13.1. The summed E-state index contributed by atoms with van der Waals surface area (Å²) in [6.07, 6.45) is 0. The van der Waals surface area contributed by atoms with Crippen LogP contribution in [-0.4, -0.2) is 19.6 Å². The average molecular weight is 329 g/mol. The van der Waals surface area contributed by atoms with E-state index in [9.17, 15) is 22.4 Å². The zero-order valence-electron chi connectivity index (χ0n) is 11.8. The maximum absolute atomic E-state index is 13.1. The van der Waals surface area contributed by atoms with E-state index < -0.39 is 24.2 Å². The molecule has 122 valence electrons. The van der Waals surface area contributed by atoms with Crippen LogP contribution in [0.2, 0.25) is 0 Å². The number of carbonyl (C=O) groups is 1. The molecule has 1 N–H and O–H groups in total. The summed E-state index contributed by atoms with van der Waals surface area (Å²) >= 11 is 0. The zero-order chi connectivity index (χ0) is 17.0. The Balaban J connectivity index is 2.21. The Morgan fingerprint density at radius 1 is 1.04 bits per heavy atom. The highest BCUT2D eigenvalue weighted by Gasteiger charge is 2.14. The first kappa shape index (κ1) is 16.6. The van der Waals surface area contributed by atoms with Crippen molar-refractivity contribution in [1.82, 2.24) is 0 Å². The van der Waals surface area contributed by atoms with Gasteiger partial charge in [0.05, 0.1) is 7.11 Å². The lowest BCUT2D eigenvalue weighted by molar-refractivity contribution is -0.0511. The quantitative estimate of drug-likeness (QED) is 0.848. The minimum atomic E-state index is -3.07. The predicted octanol–water partition coefficient (Wildman–Crippen LogP) is 3.83. The van der Waals surface area contributed by atoms with Gasteiger partial charge in [0, 0.05) is 17.3 Å². The molecule has 1 amide bonds. The van der Waals surface area contributed by atoms with Crippen molar-refractivity contribution < 1.29 is 31.8 Å². The third-order valence-electron chi connectivity index (χ3n) is 2.82. The molecule has 0 saturated heterocycles. The molecule has 0 aromatic heterocycles. The summed E-state index contributed by atoms with van der Waals surface area (Å²) in [4.78, 5) is 11.9. The van der Waals surface area contributed by atoms with E-state index in [0.717, 1.165) is 24.3 Å². The topological polar surface area (TPSA) is 47.6 Å². The number of halogens is 4. The number of nitrogens with one attached hydrogen (secondary N) is 1. The van der Waals surface area contributed by atoms with E-state index in [0.29, 0.717) is 0 Å². The van der Waals surface area contributed by atoms with Gasteiger partial charge in [-0.05, 0) is 30.3 Å². The van der Waals surface area contributed by atoms with Crippen LogP contribution in [0.4, 0.5) is 23.2 Å². The second-order valence-electron chi connectivity index (χ2n) is 4.33. The molecule has 0 aliphatic heterocycles. The zero-order valence-corrected chi connectivity index (χ0v) is 11.8. The molecule has 2 rings (SSSR count). The third kappa shape index (κ3) is 4.12. The first-order valence-electron chi connectivity index (χ1n) is 6.30. The van der Waals surface area contributed by atoms with Crippen LogP contribution in [0.15, 0.2) is 36.4 Å². The van der Waals surface area contributed by atoms with E-state index in [2.05, 4.69) is 10.1 Å². The molecule has 0 fully saturated rings. The molecule has 0 radical (unpaired) electrons. The molecule has 0 bridgehead atoms. The Bertz CT molecular complexity index is 722. The van der Waals surface area contributed by atoms with Crippen molar-refractivity contribution in [3.05, 3.63) is 53.6 Å². The Hall–Kier alpha value is -2.77. The Kier molecular flexibility index (Phi) is 5.05. The van der Waals surface area contributed by atoms with E-state index in [-0.39, 0.29) is 22.7 Å². The fourth-order valence-corrected chi connectivity index (χ4v) is 1.78. The van der Waals surface area contributed by atoms with E-state index in [1.54, 1.807) is 0 Å². The van der Waals surface area contributed by atoms with Crippen molar-refractivity contribution in [3.63, 3.8) is 0 Å². The second-order valence-corrected chi connectivity index (χ2v) is 4.33. The summed E-state index contributed by atoms with van der Waals surface area (Å²) in [5, 5.41) is 2.36. The number of hydrogen-bond donors (Lipinski definition) is 1. The molecular formula is C15H11F4NO3. The molecule has 23 heavy (non-hydrogen) atoms. The Morgan fingerprint density at radius 3 is 2.39 bits per heavy atom. The minimum absolute atomic E-state index is 0.0520. The van der Waals surface area contributed by atoms with Crippen LogP contribution in [0.1, 0.15) is 10.4 Å². The molecule has 0 heterocycles. The number of benzene rings is 2. The number of ether oxygens (including phenoxy) is 2. The standard InChI is InChI=1S/C15H11F4NO3/c1-22-12-5-3-9(7-13(12)23-15(18)19)20-14(21)8-2-4-10(16)11(17)6-8/h2-7,15H,1H3,(H,20,21). The fourth-order valence-electron chi connectivity index (χ4n) is 1.78. The molecule has 2 aromatic rings. The van der Waals surface area contributed by atoms with Gasteiger partial charge >= 0.3 is 6.61 Å². The average Bonchev–Trinajstić information content (AvgIpc) is 2.49. The van der Waals surface area contributed by atoms with Gasteiger partial charge in [-0.1, -0.05) is 0 Å². The van der Waals surface area contributed by atoms with Crippen LogP contribution < -0.4 is 14.8 Å². The first-order chi connectivity index (χ1) is 10.9. The predicted molar refractivity (Wildman–Crippen MR) is 73.9 cm³/mol. The number of alkyl halides is 2. The van der Waals surface area contributed by atoms with Crippen LogP contribution in [-0.2, 0) is 0 Å². The van der Waals surface area contributed by atoms with Gasteiger partial charge in [-0.25, -0.2) is 8.78 Å². The molecular weight excluding hydrogens is 318 g/mol. The van der Waals surface area contributed by atoms with Crippen molar-refractivity contribution in [2.24, 2.45) is 0 Å². The Morgan fingerprint density at radius 2 is 1.78 bits per heavy atom. The van der Waals surface area contributed by atoms with Crippen LogP contribution in [0.5, 0.6) is 11.5 Å². The van der Waals surface area contributed by atoms with Crippen molar-refractivity contribution in [2.75, 3.05) is 12.4 Å². The van der Waals surface area contributed by atoms with Crippen molar-refractivity contribution in [2.45, 2.75) is 6.61 Å². The summed E-state index contributed by atoms with van der Waals surface area (Å²) in [6.45, 7) is -3.07. The molecule has 0 aliphatic carbocycles. The molecule has 0 aliphatic rings. The van der Waals surface area contributed by atoms with Crippen LogP contribution in [0, 0.1) is 11.6 Å². The van der Waals surface area contributed by atoms with Crippen LogP contribution in [0.3, 0.4) is 0 Å². The maximum Gasteiger partial charge on any atom is 0.387 e. The van der Waals surface area contributed by atoms with Crippen LogP contribution in [0.25, 0.3) is 0 Å². The Labute approximate surface area is 128 Å². The van der Waals surface area contributed by atoms with E-state index >= 15 is 0 Å². The number of rotatable bonds is 5. The summed E-state index contributed by atoms with van der Waals surface area (Å²) in [5.41, 5.74) is -0.00720. The largest absolute Gasteiger partial charge is 0.493 e. The van der Waals surface area contributed by atoms with Crippen molar-refractivity contribution in [1.29, 1.82) is 0 Å². The summed E-state index contributed by atoms with van der Waals surface area (Å²) in [5.74, 6) is -3.22. The summed E-state index contributed by atoms with van der Waals surface area (Å²) in [7, 11) is 1.27. The molecule has 2 aromatic carbocycles. The lowest BCUT2D eigenvalue weighted by Crippen LogP contribution is -2.13. The number of carbonyl (C=O) groups excluding carboxylic acids is 1. The minimum Gasteiger partial charge on any atom is -0.493 e. The number of hydrogen-bond acceptors (Lipinski definition) is 3. The van der Waals surface area contributed by atoms with Gasteiger partial charge in [-0.2, -0.15) is 8.78 Å². The monoisotopic (exact) mass is 329 g/mol. The number of methoxy groups -OCH3 is 1. The first-order valence-corrected chi connectivity index (χ1v) is 6.30. The molecule has 4 nitrogen and oxygen atoms in total. The number of anilines is 1. The van der Waals surface area contributed by atoms with E-state index in [1.807, 2.05) is 0 Å². The van der Waals surface area contributed by atoms with Gasteiger partial charge in [0.1, 0.15) is 0 Å². The van der Waals surface area contributed by atoms with Gasteiger partial charge in [0.15, 0.2) is 23.1 Å². The molecule has 0 unspecified atom stereocenters. The lowest BCUT2D eigenvalue weighted by Gasteiger charge is -2.12. The molecule has 0 atom stereocenters. The number of amides is 1. The highest BCUT2D eigenvalue weighted by atomic mass is 19.3. The third-order valence-corrected chi connectivity index (χ3v) is 2.82. The van der Waals surface area contributed by atoms with Gasteiger partial charge in [-0.3, -0.25) is 4.79 Å². The van der Waals surface area contributed by atoms with Gasteiger partial charge in [-0.15, -0.1) is 0 Å². The van der Waals surface area contributed by atoms with Gasteiger partial charge < -0.3 is 14.8 Å². The van der Waals surface area contributed by atoms with E-state index in [1.165, 1.54) is 19.2 Å². The van der Waals surface area contributed by atoms with E-state index in [4.69, 9.17) is 4.74 Å². The summed E-state index contributed by atoms with van der Waals surface area (Å²) in [6, 6.07) is 6.46. The fraction of sp³-hybridized carbons (Fsp3) is 0.133. The van der Waals surface area contributed by atoms with Crippen LogP contribution >= 0.6 is 0 Å². The highest BCUT2D eigenvalue weighted by Crippen LogP contribution is 2.31. The van der Waals surface area contributed by atoms with Gasteiger partial charge in [0.2, 0.25) is 0 Å².